The Bertz CT molecular complexity index is 963. The second-order valence-electron chi connectivity index (χ2n) is 12.8. The van der Waals surface area contributed by atoms with Gasteiger partial charge >= 0.3 is 0 Å². The number of rotatable bonds is 21. The van der Waals surface area contributed by atoms with Gasteiger partial charge < -0.3 is 9.47 Å². The molecule has 0 spiro atoms. The van der Waals surface area contributed by atoms with Crippen LogP contribution in [0.25, 0.3) is 11.1 Å². The van der Waals surface area contributed by atoms with Crippen molar-refractivity contribution in [2.24, 2.45) is 11.8 Å². The fourth-order valence-electron chi connectivity index (χ4n) is 6.11. The van der Waals surface area contributed by atoms with Crippen LogP contribution >= 0.6 is 0 Å². The third-order valence-electron chi connectivity index (χ3n) is 9.11. The second-order valence-corrected chi connectivity index (χ2v) is 12.8. The van der Waals surface area contributed by atoms with Crippen LogP contribution in [0.4, 0.5) is 0 Å². The summed E-state index contributed by atoms with van der Waals surface area (Å²) in [5.41, 5.74) is 3.51. The molecule has 3 heteroatoms. The van der Waals surface area contributed by atoms with E-state index in [1.807, 2.05) is 6.20 Å². The molecule has 2 fully saturated rings. The number of nitrogens with zero attached hydrogens (tertiary/aromatic N) is 1. The maximum Gasteiger partial charge on any atom is 0.241 e. The molecule has 1 aliphatic heterocycles. The van der Waals surface area contributed by atoms with Crippen LogP contribution in [0, 0.1) is 11.8 Å². The van der Waals surface area contributed by atoms with Crippen LogP contribution < -0.4 is 9.47 Å². The van der Waals surface area contributed by atoms with Gasteiger partial charge in [0.15, 0.2) is 11.5 Å². The van der Waals surface area contributed by atoms with E-state index in [4.69, 9.17) is 14.5 Å². The number of pyridine rings is 1. The molecular weight excluding hydrogens is 478 g/mol. The monoisotopic (exact) mass is 531 g/mol. The maximum absolute atomic E-state index is 6.16. The van der Waals surface area contributed by atoms with E-state index in [0.717, 1.165) is 47.3 Å². The Morgan fingerprint density at radius 1 is 0.538 bits per heavy atom. The van der Waals surface area contributed by atoms with E-state index in [1.54, 1.807) is 0 Å². The van der Waals surface area contributed by atoms with Crippen molar-refractivity contribution < 1.29 is 9.47 Å². The van der Waals surface area contributed by atoms with Crippen molar-refractivity contribution in [1.82, 2.24) is 4.98 Å². The number of hydrogen-bond acceptors (Lipinski definition) is 3. The molecule has 2 saturated carbocycles. The molecule has 0 N–H and O–H groups in total. The third-order valence-corrected chi connectivity index (χ3v) is 9.11. The van der Waals surface area contributed by atoms with E-state index in [0.29, 0.717) is 0 Å². The number of aromatic nitrogens is 1. The Hall–Kier alpha value is -2.03. The molecule has 214 valence electrons. The standard InChI is InChI=1S/C36H53NO2/c1(3-7-11-15-29-19-20-29)5-9-13-17-33-25-23-32(28-37-33)31-24-26-34-35(27-31)39-36(38-34)18-14-10-6-2-4-8-12-16-30-21-22-30/h23-30,36H,1-22H2. The molecule has 1 aromatic heterocycles. The largest absolute Gasteiger partial charge is 0.451 e. The molecule has 2 aromatic rings. The van der Waals surface area contributed by atoms with Gasteiger partial charge in [0.1, 0.15) is 0 Å². The van der Waals surface area contributed by atoms with E-state index >= 15 is 0 Å². The second kappa shape index (κ2) is 15.7. The number of hydrogen-bond donors (Lipinski definition) is 0. The highest BCUT2D eigenvalue weighted by atomic mass is 16.7. The molecule has 1 atom stereocenters. The van der Waals surface area contributed by atoms with Gasteiger partial charge in [0, 0.05) is 23.9 Å². The first-order valence-corrected chi connectivity index (χ1v) is 16.8. The molecule has 0 bridgehead atoms. The molecule has 1 unspecified atom stereocenters. The third kappa shape index (κ3) is 10.5. The Morgan fingerprint density at radius 3 is 1.67 bits per heavy atom. The van der Waals surface area contributed by atoms with Gasteiger partial charge in [-0.05, 0) is 54.9 Å². The summed E-state index contributed by atoms with van der Waals surface area (Å²) in [4.78, 5) is 4.76. The highest BCUT2D eigenvalue weighted by Gasteiger charge is 2.24. The van der Waals surface area contributed by atoms with Gasteiger partial charge in [-0.25, -0.2) is 0 Å². The Kier molecular flexibility index (Phi) is 11.5. The average molecular weight is 532 g/mol. The lowest BCUT2D eigenvalue weighted by molar-refractivity contribution is 0.0395. The first-order valence-electron chi connectivity index (χ1n) is 16.8. The van der Waals surface area contributed by atoms with Crippen LogP contribution in [0.1, 0.15) is 141 Å². The molecule has 2 heterocycles. The summed E-state index contributed by atoms with van der Waals surface area (Å²) in [6, 6.07) is 10.7. The normalized spacial score (nSPS) is 18.1. The summed E-state index contributed by atoms with van der Waals surface area (Å²) in [6.07, 6.45) is 32.1. The Morgan fingerprint density at radius 2 is 1.08 bits per heavy atom. The molecule has 5 rings (SSSR count). The number of ether oxygens (including phenoxy) is 2. The van der Waals surface area contributed by atoms with Crippen LogP contribution in [0.15, 0.2) is 36.5 Å². The van der Waals surface area contributed by atoms with E-state index in [1.165, 1.54) is 134 Å². The summed E-state index contributed by atoms with van der Waals surface area (Å²) in [7, 11) is 0. The SMILES string of the molecule is c1cc(CCCCCCCCCC2CC2)ncc1-c1ccc2c(c1)OC(CCCCCCCCCC1CC1)O2. The summed E-state index contributed by atoms with van der Waals surface area (Å²) in [5.74, 6) is 3.96. The van der Waals surface area contributed by atoms with Gasteiger partial charge in [-0.2, -0.15) is 0 Å². The zero-order valence-corrected chi connectivity index (χ0v) is 24.5. The molecule has 2 aliphatic carbocycles. The van der Waals surface area contributed by atoms with Crippen molar-refractivity contribution in [3.8, 4) is 22.6 Å². The van der Waals surface area contributed by atoms with Crippen molar-refractivity contribution in [1.29, 1.82) is 0 Å². The highest BCUT2D eigenvalue weighted by Crippen LogP contribution is 2.39. The lowest BCUT2D eigenvalue weighted by atomic mass is 10.0. The van der Waals surface area contributed by atoms with Crippen LogP contribution in [-0.2, 0) is 6.42 Å². The van der Waals surface area contributed by atoms with Crippen molar-refractivity contribution in [3.05, 3.63) is 42.2 Å². The van der Waals surface area contributed by atoms with Gasteiger partial charge in [-0.15, -0.1) is 0 Å². The molecule has 0 amide bonds. The lowest BCUT2D eigenvalue weighted by Crippen LogP contribution is -2.17. The van der Waals surface area contributed by atoms with Gasteiger partial charge in [0.25, 0.3) is 0 Å². The average Bonchev–Trinajstić information content (AvgIpc) is 3.90. The molecule has 0 radical (unpaired) electrons. The van der Waals surface area contributed by atoms with Crippen molar-refractivity contribution in [2.75, 3.05) is 0 Å². The van der Waals surface area contributed by atoms with Gasteiger partial charge in [-0.1, -0.05) is 128 Å². The summed E-state index contributed by atoms with van der Waals surface area (Å²) in [5, 5.41) is 0. The molecule has 3 aliphatic rings. The predicted molar refractivity (Wildman–Crippen MR) is 162 cm³/mol. The first kappa shape index (κ1) is 28.5. The first-order chi connectivity index (χ1) is 19.3. The van der Waals surface area contributed by atoms with Crippen LogP contribution in [0.5, 0.6) is 11.5 Å². The van der Waals surface area contributed by atoms with Crippen LogP contribution in [0.3, 0.4) is 0 Å². The zero-order valence-electron chi connectivity index (χ0n) is 24.5. The number of fused-ring (bicyclic) bond motifs is 1. The smallest absolute Gasteiger partial charge is 0.241 e. The van der Waals surface area contributed by atoms with Crippen molar-refractivity contribution >= 4 is 0 Å². The van der Waals surface area contributed by atoms with E-state index in [2.05, 4.69) is 30.3 Å². The molecule has 3 nitrogen and oxygen atoms in total. The number of benzene rings is 1. The number of aryl methyl sites for hydroxylation is 1. The topological polar surface area (TPSA) is 31.4 Å². The predicted octanol–water partition coefficient (Wildman–Crippen LogP) is 10.8. The lowest BCUT2D eigenvalue weighted by Gasteiger charge is -2.09. The Labute approximate surface area is 238 Å². The fourth-order valence-corrected chi connectivity index (χ4v) is 6.11. The van der Waals surface area contributed by atoms with Gasteiger partial charge in [0.05, 0.1) is 0 Å². The fraction of sp³-hybridized carbons (Fsp3) is 0.694. The van der Waals surface area contributed by atoms with Crippen molar-refractivity contribution in [2.45, 2.75) is 148 Å². The molecular formula is C36H53NO2. The summed E-state index contributed by atoms with van der Waals surface area (Å²) < 4.78 is 12.2. The quantitative estimate of drug-likeness (QED) is 0.150. The zero-order chi connectivity index (χ0) is 26.5. The van der Waals surface area contributed by atoms with Gasteiger partial charge in [-0.3, -0.25) is 4.98 Å². The van der Waals surface area contributed by atoms with E-state index in [9.17, 15) is 0 Å². The molecule has 1 aromatic carbocycles. The van der Waals surface area contributed by atoms with E-state index in [-0.39, 0.29) is 6.29 Å². The number of unbranched alkanes of at least 4 members (excludes halogenated alkanes) is 12. The van der Waals surface area contributed by atoms with E-state index < -0.39 is 0 Å². The minimum absolute atomic E-state index is 0.128. The Balaban J connectivity index is 0.921. The summed E-state index contributed by atoms with van der Waals surface area (Å²) in [6.45, 7) is 0. The molecule has 0 saturated heterocycles. The minimum atomic E-state index is -0.128. The maximum atomic E-state index is 6.16. The van der Waals surface area contributed by atoms with Gasteiger partial charge in [0.2, 0.25) is 6.29 Å². The minimum Gasteiger partial charge on any atom is -0.451 e. The highest BCUT2D eigenvalue weighted by molar-refractivity contribution is 5.67. The van der Waals surface area contributed by atoms with Crippen LogP contribution in [0.2, 0.25) is 0 Å². The van der Waals surface area contributed by atoms with Crippen molar-refractivity contribution in [3.63, 3.8) is 0 Å². The summed E-state index contributed by atoms with van der Waals surface area (Å²) >= 11 is 0. The molecule has 39 heavy (non-hydrogen) atoms. The van der Waals surface area contributed by atoms with Crippen LogP contribution in [-0.4, -0.2) is 11.3 Å².